The molecule has 48 heavy (non-hydrogen) atoms. The van der Waals surface area contributed by atoms with E-state index in [2.05, 4.69) is 42.5 Å². The summed E-state index contributed by atoms with van der Waals surface area (Å²) >= 11 is 0. The Balaban J connectivity index is 1.51. The van der Waals surface area contributed by atoms with Crippen LogP contribution in [0.4, 0.5) is 9.18 Å². The Morgan fingerprint density at radius 3 is 1.92 bits per heavy atom. The second-order valence-electron chi connectivity index (χ2n) is 12.9. The molecule has 6 aromatic rings. The lowest BCUT2D eigenvalue weighted by atomic mass is 9.77. The first-order valence-electron chi connectivity index (χ1n) is 15.7. The molecule has 0 aliphatic rings. The lowest BCUT2D eigenvalue weighted by Gasteiger charge is -2.37. The van der Waals surface area contributed by atoms with Gasteiger partial charge in [-0.2, -0.15) is 10.4 Å². The second kappa shape index (κ2) is 12.8. The van der Waals surface area contributed by atoms with E-state index in [-0.39, 0.29) is 23.4 Å². The summed E-state index contributed by atoms with van der Waals surface area (Å²) in [4.78, 5) is 18.8. The van der Waals surface area contributed by atoms with Crippen LogP contribution in [-0.4, -0.2) is 38.4 Å². The van der Waals surface area contributed by atoms with Crippen LogP contribution in [0.1, 0.15) is 54.2 Å². The fraction of sp³-hybridized carbons (Fsp3) is 0.200. The fourth-order valence-corrected chi connectivity index (χ4v) is 6.29. The summed E-state index contributed by atoms with van der Waals surface area (Å²) in [7, 11) is 1.61. The highest BCUT2D eigenvalue weighted by molar-refractivity contribution is 5.84. The number of pyridine rings is 1. The van der Waals surface area contributed by atoms with Gasteiger partial charge >= 0.3 is 6.09 Å². The number of hydrogen-bond acceptors (Lipinski definition) is 5. The van der Waals surface area contributed by atoms with Gasteiger partial charge in [-0.05, 0) is 67.6 Å². The quantitative estimate of drug-likeness (QED) is 0.164. The molecule has 0 radical (unpaired) electrons. The largest absolute Gasteiger partial charge is 0.444 e. The van der Waals surface area contributed by atoms with Crippen molar-refractivity contribution < 1.29 is 13.9 Å². The summed E-state index contributed by atoms with van der Waals surface area (Å²) in [6.45, 7) is 7.31. The van der Waals surface area contributed by atoms with Crippen LogP contribution in [0.5, 0.6) is 0 Å². The van der Waals surface area contributed by atoms with Gasteiger partial charge in [-0.3, -0.25) is 0 Å². The summed E-state index contributed by atoms with van der Waals surface area (Å²) in [5.74, 6) is -0.537. The van der Waals surface area contributed by atoms with Gasteiger partial charge in [-0.1, -0.05) is 97.1 Å². The minimum absolute atomic E-state index is 0.151. The van der Waals surface area contributed by atoms with Crippen LogP contribution in [-0.2, 0) is 16.8 Å². The van der Waals surface area contributed by atoms with E-state index in [0.29, 0.717) is 22.2 Å². The van der Waals surface area contributed by atoms with E-state index in [4.69, 9.17) is 14.8 Å². The summed E-state index contributed by atoms with van der Waals surface area (Å²) in [6.07, 6.45) is 1.17. The van der Waals surface area contributed by atoms with Crippen molar-refractivity contribution in [3.05, 3.63) is 155 Å². The number of hydrogen-bond donors (Lipinski definition) is 0. The molecule has 0 bridgehead atoms. The van der Waals surface area contributed by atoms with Crippen LogP contribution < -0.4 is 0 Å². The molecule has 0 aliphatic carbocycles. The summed E-state index contributed by atoms with van der Waals surface area (Å²) in [5, 5.41) is 15.4. The predicted molar refractivity (Wildman–Crippen MR) is 185 cm³/mol. The van der Waals surface area contributed by atoms with Crippen LogP contribution in [0, 0.1) is 24.1 Å². The maximum absolute atomic E-state index is 16.0. The summed E-state index contributed by atoms with van der Waals surface area (Å²) in [6, 6.07) is 37.6. The fourth-order valence-electron chi connectivity index (χ4n) is 6.29. The molecule has 0 saturated carbocycles. The topological polar surface area (TPSA) is 84.0 Å². The van der Waals surface area contributed by atoms with Crippen molar-refractivity contribution in [2.75, 3.05) is 7.05 Å². The molecule has 0 saturated heterocycles. The van der Waals surface area contributed by atoms with Gasteiger partial charge in [0.2, 0.25) is 0 Å². The third kappa shape index (κ3) is 5.91. The van der Waals surface area contributed by atoms with E-state index >= 15 is 4.39 Å². The number of carbonyl (C=O) groups excluding carboxylic acids is 1. The van der Waals surface area contributed by atoms with Crippen molar-refractivity contribution in [1.29, 1.82) is 5.26 Å². The molecule has 6 rings (SSSR count). The number of halogens is 1. The van der Waals surface area contributed by atoms with E-state index in [1.165, 1.54) is 11.0 Å². The minimum Gasteiger partial charge on any atom is -0.444 e. The number of nitrogens with zero attached hydrogens (tertiary/aromatic N) is 5. The number of benzene rings is 4. The highest BCUT2D eigenvalue weighted by Gasteiger charge is 2.40. The molecule has 2 aromatic heterocycles. The van der Waals surface area contributed by atoms with Gasteiger partial charge in [0, 0.05) is 19.2 Å². The normalized spacial score (nSPS) is 11.7. The molecule has 4 aromatic carbocycles. The van der Waals surface area contributed by atoms with Crippen molar-refractivity contribution in [2.24, 2.45) is 0 Å². The van der Waals surface area contributed by atoms with Crippen molar-refractivity contribution in [2.45, 2.75) is 45.4 Å². The van der Waals surface area contributed by atoms with Gasteiger partial charge in [-0.15, -0.1) is 0 Å². The Hall–Kier alpha value is -5.81. The zero-order chi connectivity index (χ0) is 34.1. The van der Waals surface area contributed by atoms with Gasteiger partial charge in [0.25, 0.3) is 0 Å². The number of rotatable bonds is 7. The van der Waals surface area contributed by atoms with E-state index in [1.54, 1.807) is 53.1 Å². The van der Waals surface area contributed by atoms with Crippen LogP contribution in [0.2, 0.25) is 0 Å². The number of fused-ring (bicyclic) bond motifs is 1. The number of amides is 1. The average Bonchev–Trinajstić information content (AvgIpc) is 3.48. The molecule has 0 unspecified atom stereocenters. The molecule has 8 heteroatoms. The maximum Gasteiger partial charge on any atom is 0.410 e. The van der Waals surface area contributed by atoms with Gasteiger partial charge in [0.15, 0.2) is 0 Å². The summed E-state index contributed by atoms with van der Waals surface area (Å²) < 4.78 is 23.4. The van der Waals surface area contributed by atoms with Gasteiger partial charge in [-0.25, -0.2) is 18.9 Å². The molecular weight excluding hydrogens is 601 g/mol. The highest BCUT2D eigenvalue weighted by atomic mass is 19.1. The highest BCUT2D eigenvalue weighted by Crippen LogP contribution is 2.42. The average molecular weight is 638 g/mol. The van der Waals surface area contributed by atoms with Crippen molar-refractivity contribution in [1.82, 2.24) is 19.7 Å². The molecular formula is C40H36FN5O2. The number of aromatic nitrogens is 3. The van der Waals surface area contributed by atoms with Gasteiger partial charge in [0.1, 0.15) is 28.5 Å². The molecule has 1 amide bonds. The molecule has 240 valence electrons. The van der Waals surface area contributed by atoms with Gasteiger partial charge < -0.3 is 9.64 Å². The van der Waals surface area contributed by atoms with Gasteiger partial charge in [0.05, 0.1) is 23.0 Å². The van der Waals surface area contributed by atoms with E-state index < -0.39 is 23.1 Å². The first-order valence-corrected chi connectivity index (χ1v) is 15.7. The van der Waals surface area contributed by atoms with E-state index in [1.807, 2.05) is 59.3 Å². The zero-order valence-corrected chi connectivity index (χ0v) is 27.6. The van der Waals surface area contributed by atoms with Crippen LogP contribution in [0.15, 0.2) is 115 Å². The number of ether oxygens (including phenoxy) is 1. The van der Waals surface area contributed by atoms with Crippen molar-refractivity contribution in [3.8, 4) is 17.3 Å². The lowest BCUT2D eigenvalue weighted by molar-refractivity contribution is 0.0285. The van der Waals surface area contributed by atoms with E-state index in [0.717, 1.165) is 16.7 Å². The molecule has 2 heterocycles. The Bertz CT molecular complexity index is 2010. The monoisotopic (exact) mass is 637 g/mol. The smallest absolute Gasteiger partial charge is 0.410 e. The SMILES string of the molecule is Cc1cc(CN(C)C(=O)OC(C)(C)C)cc(F)c1-c1nc2cnn(C(c3ccccc3)(c3ccccc3)c3ccccc3)c2cc1C#N. The lowest BCUT2D eigenvalue weighted by Crippen LogP contribution is -2.38. The van der Waals surface area contributed by atoms with Crippen molar-refractivity contribution >= 4 is 17.1 Å². The standard InChI is InChI=1S/C40H36FN5O2/c1-27-21-28(26-45(5)38(47)48-39(2,3)4)22-33(41)36(27)37-29(24-42)23-35-34(44-37)25-43-46(35)40(30-15-9-6-10-16-30,31-17-11-7-12-18-31)32-19-13-8-14-20-32/h6-23,25H,26H2,1-5H3. The van der Waals surface area contributed by atoms with Crippen molar-refractivity contribution in [3.63, 3.8) is 0 Å². The third-order valence-electron chi connectivity index (χ3n) is 8.28. The van der Waals surface area contributed by atoms with Crippen LogP contribution in [0.25, 0.3) is 22.3 Å². The number of nitriles is 1. The molecule has 0 N–H and O–H groups in total. The molecule has 0 aliphatic heterocycles. The third-order valence-corrected chi connectivity index (χ3v) is 8.28. The molecule has 0 spiro atoms. The second-order valence-corrected chi connectivity index (χ2v) is 12.9. The maximum atomic E-state index is 16.0. The predicted octanol–water partition coefficient (Wildman–Crippen LogP) is 8.62. The molecule has 0 atom stereocenters. The number of carbonyl (C=O) groups is 1. The first-order chi connectivity index (χ1) is 23.0. The Kier molecular flexibility index (Phi) is 8.55. The van der Waals surface area contributed by atoms with E-state index in [9.17, 15) is 10.1 Å². The number of aryl methyl sites for hydroxylation is 1. The molecule has 0 fully saturated rings. The molecule has 7 nitrogen and oxygen atoms in total. The minimum atomic E-state index is -0.912. The Morgan fingerprint density at radius 2 is 1.44 bits per heavy atom. The summed E-state index contributed by atoms with van der Waals surface area (Å²) in [5.41, 5.74) is 4.36. The van der Waals surface area contributed by atoms with Crippen LogP contribution >= 0.6 is 0 Å². The van der Waals surface area contributed by atoms with Crippen LogP contribution in [0.3, 0.4) is 0 Å². The Labute approximate surface area is 279 Å². The Morgan fingerprint density at radius 1 is 0.896 bits per heavy atom. The first kappa shape index (κ1) is 32.1. The zero-order valence-electron chi connectivity index (χ0n) is 27.6.